The summed E-state index contributed by atoms with van der Waals surface area (Å²) in [6.45, 7) is 7.32. The van der Waals surface area contributed by atoms with Crippen molar-refractivity contribution in [3.63, 3.8) is 0 Å². The van der Waals surface area contributed by atoms with E-state index < -0.39 is 0 Å². The van der Waals surface area contributed by atoms with Gasteiger partial charge in [0.05, 0.1) is 24.8 Å². The summed E-state index contributed by atoms with van der Waals surface area (Å²) in [5, 5.41) is 22.9. The summed E-state index contributed by atoms with van der Waals surface area (Å²) in [6.07, 6.45) is 1.76. The Kier molecular flexibility index (Phi) is 4.61. The van der Waals surface area contributed by atoms with Crippen LogP contribution < -0.4 is 10.1 Å². The Hall–Kier alpha value is -2.03. The van der Waals surface area contributed by atoms with Gasteiger partial charge in [0.15, 0.2) is 11.5 Å². The first-order valence-corrected chi connectivity index (χ1v) is 6.60. The molecule has 0 unspecified atom stereocenters. The molecule has 0 radical (unpaired) electrons. The largest absolute Gasteiger partial charge is 0.504 e. The highest BCUT2D eigenvalue weighted by molar-refractivity contribution is 5.56. The number of phenols is 1. The molecule has 1 aliphatic heterocycles. The molecule has 1 heterocycles. The topological polar surface area (TPSA) is 68.5 Å². The first-order chi connectivity index (χ1) is 9.72. The lowest BCUT2D eigenvalue weighted by Crippen LogP contribution is -2.44. The van der Waals surface area contributed by atoms with Gasteiger partial charge in [0.2, 0.25) is 0 Å². The fourth-order valence-corrected chi connectivity index (χ4v) is 2.56. The molecule has 2 rings (SSSR count). The molecule has 0 bridgehead atoms. The van der Waals surface area contributed by atoms with Crippen molar-refractivity contribution in [2.24, 2.45) is 0 Å². The molecule has 1 aromatic rings. The SMILES string of the molecule is C=C[C@@H](c1c(C#N)ccc(OC)c1O)N1CCNCC1. The Morgan fingerprint density at radius 2 is 2.20 bits per heavy atom. The van der Waals surface area contributed by atoms with Crippen molar-refractivity contribution >= 4 is 0 Å². The van der Waals surface area contributed by atoms with Crippen molar-refractivity contribution in [1.82, 2.24) is 10.2 Å². The molecular weight excluding hydrogens is 254 g/mol. The van der Waals surface area contributed by atoms with Gasteiger partial charge in [-0.3, -0.25) is 4.90 Å². The number of hydrogen-bond donors (Lipinski definition) is 2. The second-order valence-corrected chi connectivity index (χ2v) is 4.66. The van der Waals surface area contributed by atoms with Crippen molar-refractivity contribution in [3.05, 3.63) is 35.9 Å². The van der Waals surface area contributed by atoms with Gasteiger partial charge in [0.1, 0.15) is 0 Å². The second-order valence-electron chi connectivity index (χ2n) is 4.66. The number of benzene rings is 1. The van der Waals surface area contributed by atoms with E-state index in [2.05, 4.69) is 22.9 Å². The molecule has 106 valence electrons. The van der Waals surface area contributed by atoms with Crippen LogP contribution in [0.1, 0.15) is 17.2 Å². The molecule has 5 nitrogen and oxygen atoms in total. The number of piperazine rings is 1. The van der Waals surface area contributed by atoms with Crippen LogP contribution in [0.4, 0.5) is 0 Å². The van der Waals surface area contributed by atoms with E-state index >= 15 is 0 Å². The minimum absolute atomic E-state index is 0.0231. The van der Waals surface area contributed by atoms with Crippen LogP contribution >= 0.6 is 0 Å². The van der Waals surface area contributed by atoms with Crippen LogP contribution in [0.15, 0.2) is 24.8 Å². The van der Waals surface area contributed by atoms with Gasteiger partial charge in [-0.05, 0) is 12.1 Å². The minimum atomic E-state index is -0.193. The minimum Gasteiger partial charge on any atom is -0.504 e. The molecule has 1 aliphatic rings. The van der Waals surface area contributed by atoms with Crippen LogP contribution in [0, 0.1) is 11.3 Å². The van der Waals surface area contributed by atoms with Gasteiger partial charge in [0, 0.05) is 31.7 Å². The molecule has 0 aliphatic carbocycles. The van der Waals surface area contributed by atoms with E-state index in [1.807, 2.05) is 0 Å². The maximum atomic E-state index is 10.4. The van der Waals surface area contributed by atoms with Gasteiger partial charge < -0.3 is 15.2 Å². The lowest BCUT2D eigenvalue weighted by molar-refractivity contribution is 0.200. The number of phenolic OH excluding ortho intramolecular Hbond substituents is 1. The molecule has 20 heavy (non-hydrogen) atoms. The number of rotatable bonds is 4. The molecule has 0 spiro atoms. The van der Waals surface area contributed by atoms with Crippen LogP contribution in [0.5, 0.6) is 11.5 Å². The molecule has 0 amide bonds. The zero-order valence-corrected chi connectivity index (χ0v) is 11.6. The average Bonchev–Trinajstić information content (AvgIpc) is 2.50. The number of methoxy groups -OCH3 is 1. The van der Waals surface area contributed by atoms with E-state index in [1.165, 1.54) is 7.11 Å². The third-order valence-corrected chi connectivity index (χ3v) is 3.58. The number of nitriles is 1. The smallest absolute Gasteiger partial charge is 0.164 e. The Morgan fingerprint density at radius 3 is 2.75 bits per heavy atom. The van der Waals surface area contributed by atoms with Crippen molar-refractivity contribution in [3.8, 4) is 17.6 Å². The Labute approximate surface area is 119 Å². The summed E-state index contributed by atoms with van der Waals surface area (Å²) < 4.78 is 5.14. The standard InChI is InChI=1S/C15H19N3O2/c1-3-12(18-8-6-17-7-9-18)14-11(10-16)4-5-13(20-2)15(14)19/h3-5,12,17,19H,1,6-9H2,2H3/t12-/m0/s1. The molecule has 0 saturated carbocycles. The average molecular weight is 273 g/mol. The maximum Gasteiger partial charge on any atom is 0.164 e. The first kappa shape index (κ1) is 14.4. The van der Waals surface area contributed by atoms with Gasteiger partial charge >= 0.3 is 0 Å². The van der Waals surface area contributed by atoms with Crippen molar-refractivity contribution < 1.29 is 9.84 Å². The monoisotopic (exact) mass is 273 g/mol. The lowest BCUT2D eigenvalue weighted by Gasteiger charge is -2.34. The van der Waals surface area contributed by atoms with E-state index in [9.17, 15) is 10.4 Å². The number of ether oxygens (including phenoxy) is 1. The predicted molar refractivity (Wildman–Crippen MR) is 76.8 cm³/mol. The number of aromatic hydroxyl groups is 1. The highest BCUT2D eigenvalue weighted by Crippen LogP contribution is 2.39. The van der Waals surface area contributed by atoms with Crippen LogP contribution in [0.3, 0.4) is 0 Å². The van der Waals surface area contributed by atoms with Gasteiger partial charge in [0.25, 0.3) is 0 Å². The number of nitrogens with zero attached hydrogens (tertiary/aromatic N) is 2. The summed E-state index contributed by atoms with van der Waals surface area (Å²) in [6, 6.07) is 5.22. The molecule has 2 N–H and O–H groups in total. The Morgan fingerprint density at radius 1 is 1.50 bits per heavy atom. The summed E-state index contributed by atoms with van der Waals surface area (Å²) in [5.74, 6) is 0.399. The fourth-order valence-electron chi connectivity index (χ4n) is 2.56. The quantitative estimate of drug-likeness (QED) is 0.812. The van der Waals surface area contributed by atoms with Crippen LogP contribution in [0.25, 0.3) is 0 Å². The van der Waals surface area contributed by atoms with E-state index in [1.54, 1.807) is 18.2 Å². The van der Waals surface area contributed by atoms with Gasteiger partial charge in [-0.2, -0.15) is 5.26 Å². The van der Waals surface area contributed by atoms with E-state index in [-0.39, 0.29) is 11.8 Å². The second kappa shape index (κ2) is 6.42. The summed E-state index contributed by atoms with van der Waals surface area (Å²) >= 11 is 0. The summed E-state index contributed by atoms with van der Waals surface area (Å²) in [5.41, 5.74) is 1.02. The third-order valence-electron chi connectivity index (χ3n) is 3.58. The van der Waals surface area contributed by atoms with Crippen LogP contribution in [0.2, 0.25) is 0 Å². The van der Waals surface area contributed by atoms with Crippen LogP contribution in [-0.4, -0.2) is 43.3 Å². The third kappa shape index (κ3) is 2.62. The van der Waals surface area contributed by atoms with E-state index in [0.29, 0.717) is 16.9 Å². The zero-order chi connectivity index (χ0) is 14.5. The van der Waals surface area contributed by atoms with Gasteiger partial charge in [-0.25, -0.2) is 0 Å². The molecule has 0 aromatic heterocycles. The predicted octanol–water partition coefficient (Wildman–Crippen LogP) is 1.40. The zero-order valence-electron chi connectivity index (χ0n) is 11.6. The molecule has 1 atom stereocenters. The van der Waals surface area contributed by atoms with Gasteiger partial charge in [-0.1, -0.05) is 6.08 Å². The maximum absolute atomic E-state index is 10.4. The first-order valence-electron chi connectivity index (χ1n) is 6.60. The highest BCUT2D eigenvalue weighted by atomic mass is 16.5. The number of hydrogen-bond acceptors (Lipinski definition) is 5. The normalized spacial score (nSPS) is 17.2. The molecular formula is C15H19N3O2. The lowest BCUT2D eigenvalue weighted by atomic mass is 9.97. The fraction of sp³-hybridized carbons (Fsp3) is 0.400. The van der Waals surface area contributed by atoms with Crippen molar-refractivity contribution in [2.75, 3.05) is 33.3 Å². The van der Waals surface area contributed by atoms with Crippen molar-refractivity contribution in [1.29, 1.82) is 5.26 Å². The molecule has 1 aromatic carbocycles. The summed E-state index contributed by atoms with van der Waals surface area (Å²) in [4.78, 5) is 2.19. The van der Waals surface area contributed by atoms with Crippen molar-refractivity contribution in [2.45, 2.75) is 6.04 Å². The Bertz CT molecular complexity index is 531. The van der Waals surface area contributed by atoms with Crippen LogP contribution in [-0.2, 0) is 0 Å². The number of nitrogens with one attached hydrogen (secondary N) is 1. The van der Waals surface area contributed by atoms with E-state index in [0.717, 1.165) is 26.2 Å². The molecule has 5 heteroatoms. The Balaban J connectivity index is 2.47. The highest BCUT2D eigenvalue weighted by Gasteiger charge is 2.26. The van der Waals surface area contributed by atoms with Gasteiger partial charge in [-0.15, -0.1) is 6.58 Å². The molecule has 1 fully saturated rings. The summed E-state index contributed by atoms with van der Waals surface area (Å²) in [7, 11) is 1.50. The molecule has 1 saturated heterocycles. The van der Waals surface area contributed by atoms with E-state index in [4.69, 9.17) is 4.74 Å².